The lowest BCUT2D eigenvalue weighted by Crippen LogP contribution is -2.42. The Morgan fingerprint density at radius 1 is 1.20 bits per heavy atom. The van der Waals surface area contributed by atoms with Crippen LogP contribution >= 0.6 is 24.0 Å². The highest BCUT2D eigenvalue weighted by molar-refractivity contribution is 14.0. The third-order valence-corrected chi connectivity index (χ3v) is 4.92. The molecule has 0 aromatic heterocycles. The van der Waals surface area contributed by atoms with Gasteiger partial charge in [0.2, 0.25) is 10.0 Å². The van der Waals surface area contributed by atoms with Gasteiger partial charge in [-0.05, 0) is 39.2 Å². The Morgan fingerprint density at radius 2 is 1.88 bits per heavy atom. The van der Waals surface area contributed by atoms with E-state index < -0.39 is 10.0 Å². The summed E-state index contributed by atoms with van der Waals surface area (Å²) < 4.78 is 25.3. The number of guanidine groups is 1. The second-order valence-corrected chi connectivity index (χ2v) is 7.72. The lowest BCUT2D eigenvalue weighted by atomic mass is 10.1. The van der Waals surface area contributed by atoms with Crippen molar-refractivity contribution in [2.75, 3.05) is 25.4 Å². The first kappa shape index (κ1) is 24.1. The van der Waals surface area contributed by atoms with E-state index in [1.54, 1.807) is 6.92 Å². The number of sulfonamides is 1. The minimum Gasteiger partial charge on any atom is -0.357 e. The molecule has 8 heteroatoms. The molecule has 0 radical (unpaired) electrons. The van der Waals surface area contributed by atoms with Crippen LogP contribution in [0.25, 0.3) is 0 Å². The van der Waals surface area contributed by atoms with E-state index in [4.69, 9.17) is 0 Å². The molecular weight excluding hydrogens is 451 g/mol. The number of benzene rings is 1. The van der Waals surface area contributed by atoms with E-state index in [1.807, 2.05) is 13.0 Å². The van der Waals surface area contributed by atoms with Crippen molar-refractivity contribution in [3.05, 3.63) is 35.9 Å². The Bertz CT molecular complexity index is 594. The molecule has 1 atom stereocenters. The molecule has 0 amide bonds. The number of aliphatic imine (C=N–C) groups is 1. The van der Waals surface area contributed by atoms with Crippen LogP contribution in [-0.4, -0.2) is 45.8 Å². The van der Waals surface area contributed by atoms with Crippen molar-refractivity contribution in [3.8, 4) is 0 Å². The Hall–Kier alpha value is -0.870. The molecule has 1 unspecified atom stereocenters. The quantitative estimate of drug-likeness (QED) is 0.207. The molecule has 1 aromatic carbocycles. The van der Waals surface area contributed by atoms with Crippen molar-refractivity contribution in [1.29, 1.82) is 0 Å². The molecule has 6 nitrogen and oxygen atoms in total. The van der Waals surface area contributed by atoms with Crippen molar-refractivity contribution in [1.82, 2.24) is 15.4 Å². The van der Waals surface area contributed by atoms with Gasteiger partial charge in [0.15, 0.2) is 5.96 Å². The summed E-state index contributed by atoms with van der Waals surface area (Å²) in [6.07, 6.45) is 2.00. The highest BCUT2D eigenvalue weighted by Crippen LogP contribution is 2.04. The molecule has 0 heterocycles. The van der Waals surface area contributed by atoms with Gasteiger partial charge in [-0.15, -0.1) is 24.0 Å². The minimum absolute atomic E-state index is 0. The smallest absolute Gasteiger partial charge is 0.211 e. The number of halogens is 1. The van der Waals surface area contributed by atoms with Crippen LogP contribution in [0.3, 0.4) is 0 Å². The SMILES string of the molecule is CCNC(=NCCNS(=O)(=O)CC)NC(C)CCc1ccccc1.I. The molecule has 144 valence electrons. The normalized spacial score (nSPS) is 13.0. The van der Waals surface area contributed by atoms with Gasteiger partial charge in [0.1, 0.15) is 0 Å². The third kappa shape index (κ3) is 11.4. The fourth-order valence-corrected chi connectivity index (χ4v) is 2.73. The molecule has 3 N–H and O–H groups in total. The van der Waals surface area contributed by atoms with Gasteiger partial charge >= 0.3 is 0 Å². The van der Waals surface area contributed by atoms with Crippen molar-refractivity contribution in [2.24, 2.45) is 4.99 Å². The van der Waals surface area contributed by atoms with E-state index in [1.165, 1.54) is 5.56 Å². The van der Waals surface area contributed by atoms with Crippen LogP contribution in [0.15, 0.2) is 35.3 Å². The Kier molecular flexibility index (Phi) is 12.9. The molecule has 1 rings (SSSR count). The summed E-state index contributed by atoms with van der Waals surface area (Å²) in [5.74, 6) is 0.805. The summed E-state index contributed by atoms with van der Waals surface area (Å²) in [4.78, 5) is 4.41. The molecule has 1 aromatic rings. The average Bonchev–Trinajstić information content (AvgIpc) is 2.58. The summed E-state index contributed by atoms with van der Waals surface area (Å²) in [5.41, 5.74) is 1.32. The lowest BCUT2D eigenvalue weighted by molar-refractivity contribution is 0.581. The van der Waals surface area contributed by atoms with Crippen LogP contribution in [-0.2, 0) is 16.4 Å². The van der Waals surface area contributed by atoms with Gasteiger partial charge in [0.05, 0.1) is 12.3 Å². The third-order valence-electron chi connectivity index (χ3n) is 3.52. The average molecular weight is 482 g/mol. The fourth-order valence-electron chi connectivity index (χ4n) is 2.12. The largest absolute Gasteiger partial charge is 0.357 e. The summed E-state index contributed by atoms with van der Waals surface area (Å²) in [7, 11) is -3.15. The number of hydrogen-bond donors (Lipinski definition) is 3. The fraction of sp³-hybridized carbons (Fsp3) is 0.588. The summed E-state index contributed by atoms with van der Waals surface area (Å²) >= 11 is 0. The predicted molar refractivity (Wildman–Crippen MR) is 116 cm³/mol. The van der Waals surface area contributed by atoms with Crippen molar-refractivity contribution < 1.29 is 8.42 Å². The van der Waals surface area contributed by atoms with E-state index in [-0.39, 0.29) is 35.8 Å². The van der Waals surface area contributed by atoms with Crippen LogP contribution in [0.5, 0.6) is 0 Å². The zero-order chi connectivity index (χ0) is 17.8. The van der Waals surface area contributed by atoms with Gasteiger partial charge in [-0.25, -0.2) is 13.1 Å². The van der Waals surface area contributed by atoms with Gasteiger partial charge in [0.25, 0.3) is 0 Å². The number of aryl methyl sites for hydroxylation is 1. The number of nitrogens with zero attached hydrogens (tertiary/aromatic N) is 1. The first-order valence-corrected chi connectivity index (χ1v) is 10.2. The highest BCUT2D eigenvalue weighted by Gasteiger charge is 2.07. The van der Waals surface area contributed by atoms with Gasteiger partial charge < -0.3 is 10.6 Å². The van der Waals surface area contributed by atoms with E-state index in [0.717, 1.165) is 19.4 Å². The summed E-state index contributed by atoms with van der Waals surface area (Å²) in [6.45, 7) is 7.22. The number of rotatable bonds is 10. The summed E-state index contributed by atoms with van der Waals surface area (Å²) in [5, 5.41) is 6.55. The molecule has 0 bridgehead atoms. The molecule has 0 aliphatic rings. The van der Waals surface area contributed by atoms with Crippen LogP contribution in [0.1, 0.15) is 32.8 Å². The van der Waals surface area contributed by atoms with Gasteiger partial charge in [-0.1, -0.05) is 30.3 Å². The van der Waals surface area contributed by atoms with Crippen molar-refractivity contribution >= 4 is 40.0 Å². The van der Waals surface area contributed by atoms with Gasteiger partial charge in [-0.3, -0.25) is 4.99 Å². The molecule has 0 fully saturated rings. The lowest BCUT2D eigenvalue weighted by Gasteiger charge is -2.18. The zero-order valence-electron chi connectivity index (χ0n) is 15.3. The number of nitrogens with one attached hydrogen (secondary N) is 3. The van der Waals surface area contributed by atoms with Crippen LogP contribution < -0.4 is 15.4 Å². The molecule has 0 saturated heterocycles. The van der Waals surface area contributed by atoms with Gasteiger partial charge in [0, 0.05) is 19.1 Å². The maximum absolute atomic E-state index is 11.4. The minimum atomic E-state index is -3.15. The van der Waals surface area contributed by atoms with E-state index >= 15 is 0 Å². The maximum Gasteiger partial charge on any atom is 0.211 e. The van der Waals surface area contributed by atoms with E-state index in [9.17, 15) is 8.42 Å². The molecule has 0 aliphatic carbocycles. The second kappa shape index (κ2) is 13.3. The zero-order valence-corrected chi connectivity index (χ0v) is 18.4. The van der Waals surface area contributed by atoms with E-state index in [0.29, 0.717) is 19.0 Å². The molecular formula is C17H31IN4O2S. The Morgan fingerprint density at radius 3 is 2.48 bits per heavy atom. The maximum atomic E-state index is 11.4. The standard InChI is InChI=1S/C17H30N4O2S.HI/c1-4-18-17(19-13-14-20-24(22,23)5-2)21-15(3)11-12-16-9-7-6-8-10-16;/h6-10,15,20H,4-5,11-14H2,1-3H3,(H2,18,19,21);1H. The van der Waals surface area contributed by atoms with Crippen LogP contribution in [0.2, 0.25) is 0 Å². The summed E-state index contributed by atoms with van der Waals surface area (Å²) in [6, 6.07) is 10.7. The first-order chi connectivity index (χ1) is 11.5. The molecule has 25 heavy (non-hydrogen) atoms. The van der Waals surface area contributed by atoms with Crippen molar-refractivity contribution in [3.63, 3.8) is 0 Å². The topological polar surface area (TPSA) is 82.6 Å². The highest BCUT2D eigenvalue weighted by atomic mass is 127. The van der Waals surface area contributed by atoms with Crippen LogP contribution in [0.4, 0.5) is 0 Å². The Labute approximate surface area is 169 Å². The molecule has 0 spiro atoms. The predicted octanol–water partition coefficient (Wildman–Crippen LogP) is 2.12. The molecule has 0 aliphatic heterocycles. The Balaban J connectivity index is 0.00000576. The van der Waals surface area contributed by atoms with Gasteiger partial charge in [-0.2, -0.15) is 0 Å². The van der Waals surface area contributed by atoms with E-state index in [2.05, 4.69) is 51.5 Å². The first-order valence-electron chi connectivity index (χ1n) is 8.53. The monoisotopic (exact) mass is 482 g/mol. The second-order valence-electron chi connectivity index (χ2n) is 5.63. The van der Waals surface area contributed by atoms with Crippen LogP contribution in [0, 0.1) is 0 Å². The molecule has 0 saturated carbocycles. The van der Waals surface area contributed by atoms with Crippen molar-refractivity contribution in [2.45, 2.75) is 39.7 Å². The number of hydrogen-bond acceptors (Lipinski definition) is 3.